The van der Waals surface area contributed by atoms with Gasteiger partial charge in [0.25, 0.3) is 0 Å². The second-order valence-corrected chi connectivity index (χ2v) is 5.19. The number of methoxy groups -OCH3 is 1. The molecule has 6 heteroatoms. The maximum atomic E-state index is 12.3. The number of carbonyl (C=O) groups excluding carboxylic acids is 1. The lowest BCUT2D eigenvalue weighted by molar-refractivity contribution is -0.129. The van der Waals surface area contributed by atoms with Crippen LogP contribution in [0.15, 0.2) is 18.2 Å². The minimum atomic E-state index is -0.217. The summed E-state index contributed by atoms with van der Waals surface area (Å²) >= 11 is 6.01. The maximum Gasteiger partial charge on any atom is 0.245 e. The number of hydrogen-bond acceptors (Lipinski definition) is 3. The van der Waals surface area contributed by atoms with Crippen LogP contribution in [0.4, 0.5) is 0 Å². The van der Waals surface area contributed by atoms with Crippen LogP contribution in [0.2, 0.25) is 0 Å². The molecule has 2 aromatic rings. The van der Waals surface area contributed by atoms with Crippen LogP contribution in [-0.2, 0) is 10.7 Å². The molecule has 1 aromatic carbocycles. The van der Waals surface area contributed by atoms with Crippen LogP contribution in [0.3, 0.4) is 0 Å². The fraction of sp³-hybridized carbons (Fsp3) is 0.429. The number of para-hydroxylation sites is 1. The summed E-state index contributed by atoms with van der Waals surface area (Å²) in [6.07, 6.45) is 0.780. The van der Waals surface area contributed by atoms with Gasteiger partial charge in [0.1, 0.15) is 23.1 Å². The van der Waals surface area contributed by atoms with Gasteiger partial charge in [-0.05, 0) is 18.6 Å². The first kappa shape index (κ1) is 13.2. The van der Waals surface area contributed by atoms with Crippen molar-refractivity contribution in [2.45, 2.75) is 18.3 Å². The van der Waals surface area contributed by atoms with E-state index in [1.165, 1.54) is 0 Å². The number of benzene rings is 1. The van der Waals surface area contributed by atoms with E-state index in [1.54, 1.807) is 12.0 Å². The Hall–Kier alpha value is -1.75. The smallest absolute Gasteiger partial charge is 0.245 e. The van der Waals surface area contributed by atoms with Crippen molar-refractivity contribution < 1.29 is 9.53 Å². The number of likely N-dealkylation sites (tertiary alicyclic amines) is 1. The monoisotopic (exact) mass is 293 g/mol. The molecule has 0 N–H and O–H groups in total. The van der Waals surface area contributed by atoms with Crippen molar-refractivity contribution in [3.05, 3.63) is 24.0 Å². The highest BCUT2D eigenvalue weighted by Gasteiger charge is 2.33. The van der Waals surface area contributed by atoms with Crippen molar-refractivity contribution in [2.24, 2.45) is 0 Å². The number of ether oxygens (including phenoxy) is 1. The Bertz CT molecular complexity index is 668. The number of fused-ring (bicyclic) bond motifs is 1. The van der Waals surface area contributed by atoms with E-state index in [-0.39, 0.29) is 17.8 Å². The molecule has 1 unspecified atom stereocenters. The van der Waals surface area contributed by atoms with Crippen LogP contribution in [0.25, 0.3) is 11.0 Å². The van der Waals surface area contributed by atoms with E-state index < -0.39 is 0 Å². The summed E-state index contributed by atoms with van der Waals surface area (Å²) in [6.45, 7) is 0.759. The largest absolute Gasteiger partial charge is 0.494 e. The van der Waals surface area contributed by atoms with Gasteiger partial charge in [-0.25, -0.2) is 4.98 Å². The number of aromatic nitrogens is 2. The van der Waals surface area contributed by atoms with E-state index in [2.05, 4.69) is 4.98 Å². The van der Waals surface area contributed by atoms with Crippen molar-refractivity contribution in [1.29, 1.82) is 0 Å². The predicted octanol–water partition coefficient (Wildman–Crippen LogP) is 2.19. The lowest BCUT2D eigenvalue weighted by atomic mass is 10.2. The highest BCUT2D eigenvalue weighted by atomic mass is 35.5. The van der Waals surface area contributed by atoms with Gasteiger partial charge < -0.3 is 14.2 Å². The predicted molar refractivity (Wildman–Crippen MR) is 77.1 cm³/mol. The molecule has 20 heavy (non-hydrogen) atoms. The Morgan fingerprint density at radius 3 is 2.90 bits per heavy atom. The number of halogens is 1. The molecule has 5 nitrogen and oxygen atoms in total. The Morgan fingerprint density at radius 2 is 2.30 bits per heavy atom. The highest BCUT2D eigenvalue weighted by Crippen LogP contribution is 2.32. The summed E-state index contributed by atoms with van der Waals surface area (Å²) in [5.74, 6) is 1.79. The van der Waals surface area contributed by atoms with Gasteiger partial charge in [-0.2, -0.15) is 0 Å². The molecule has 2 heterocycles. The molecule has 1 aliphatic heterocycles. The second-order valence-electron chi connectivity index (χ2n) is 4.92. The fourth-order valence-electron chi connectivity index (χ4n) is 2.79. The molecule has 1 fully saturated rings. The summed E-state index contributed by atoms with van der Waals surface area (Å²) in [7, 11) is 3.44. The second kappa shape index (κ2) is 4.98. The van der Waals surface area contributed by atoms with Crippen LogP contribution in [0.1, 0.15) is 18.3 Å². The molecule has 106 valence electrons. The highest BCUT2D eigenvalue weighted by molar-refractivity contribution is 6.17. The van der Waals surface area contributed by atoms with E-state index in [1.807, 2.05) is 29.8 Å². The quantitative estimate of drug-likeness (QED) is 0.815. The number of carbonyl (C=O) groups is 1. The van der Waals surface area contributed by atoms with Gasteiger partial charge in [-0.1, -0.05) is 6.07 Å². The van der Waals surface area contributed by atoms with Crippen LogP contribution in [0.5, 0.6) is 5.75 Å². The normalized spacial score (nSPS) is 19.1. The van der Waals surface area contributed by atoms with Gasteiger partial charge in [-0.3, -0.25) is 4.79 Å². The van der Waals surface area contributed by atoms with E-state index in [4.69, 9.17) is 16.3 Å². The lowest BCUT2D eigenvalue weighted by Crippen LogP contribution is -2.25. The molecule has 1 saturated heterocycles. The fourth-order valence-corrected chi connectivity index (χ4v) is 2.98. The zero-order valence-electron chi connectivity index (χ0n) is 11.5. The van der Waals surface area contributed by atoms with Gasteiger partial charge in [0.2, 0.25) is 5.91 Å². The van der Waals surface area contributed by atoms with Gasteiger partial charge >= 0.3 is 0 Å². The Kier molecular flexibility index (Phi) is 3.30. The number of amides is 1. The number of rotatable bonds is 3. The zero-order chi connectivity index (χ0) is 14.3. The third-order valence-corrected chi connectivity index (χ3v) is 4.05. The van der Waals surface area contributed by atoms with Gasteiger partial charge in [0.05, 0.1) is 18.5 Å². The topological polar surface area (TPSA) is 47.4 Å². The van der Waals surface area contributed by atoms with E-state index in [0.717, 1.165) is 24.0 Å². The molecular formula is C14H16ClN3O2. The third-order valence-electron chi connectivity index (χ3n) is 3.81. The first-order valence-electron chi connectivity index (χ1n) is 6.52. The minimum absolute atomic E-state index is 0.110. The van der Waals surface area contributed by atoms with Crippen LogP contribution in [0, 0.1) is 0 Å². The van der Waals surface area contributed by atoms with Crippen LogP contribution in [-0.4, -0.2) is 41.1 Å². The number of alkyl halides is 1. The molecule has 0 spiro atoms. The Morgan fingerprint density at radius 1 is 1.50 bits per heavy atom. The SMILES string of the molecule is COc1cccc2c1nc(CCl)n2C1CCN(C)C1=O. The standard InChI is InChI=1S/C14H16ClN3O2/c1-17-7-6-10(14(17)19)18-9-4-3-5-11(20-2)13(9)16-12(18)8-15/h3-5,10H,6-8H2,1-2H3. The number of imidazole rings is 1. The summed E-state index contributed by atoms with van der Waals surface area (Å²) in [6, 6.07) is 5.50. The minimum Gasteiger partial charge on any atom is -0.494 e. The van der Waals surface area contributed by atoms with Crippen LogP contribution < -0.4 is 4.74 Å². The average Bonchev–Trinajstić information content (AvgIpc) is 2.99. The third kappa shape index (κ3) is 1.85. The molecule has 1 amide bonds. The zero-order valence-corrected chi connectivity index (χ0v) is 12.2. The van der Waals surface area contributed by atoms with Gasteiger partial charge in [0.15, 0.2) is 0 Å². The van der Waals surface area contributed by atoms with Crippen LogP contribution >= 0.6 is 11.6 Å². The number of hydrogen-bond donors (Lipinski definition) is 0. The van der Waals surface area contributed by atoms with Crippen molar-refractivity contribution in [2.75, 3.05) is 20.7 Å². The number of nitrogens with zero attached hydrogens (tertiary/aromatic N) is 3. The van der Waals surface area contributed by atoms with E-state index in [0.29, 0.717) is 11.6 Å². The molecule has 0 saturated carbocycles. The Balaban J connectivity index is 2.21. The van der Waals surface area contributed by atoms with Crippen molar-refractivity contribution in [3.8, 4) is 5.75 Å². The van der Waals surface area contributed by atoms with Crippen molar-refractivity contribution >= 4 is 28.5 Å². The summed E-state index contributed by atoms with van der Waals surface area (Å²) in [5.41, 5.74) is 1.65. The molecular weight excluding hydrogens is 278 g/mol. The summed E-state index contributed by atoms with van der Waals surface area (Å²) in [5, 5.41) is 0. The Labute approximate surface area is 122 Å². The molecule has 0 bridgehead atoms. The first-order valence-corrected chi connectivity index (χ1v) is 7.05. The molecule has 1 aromatic heterocycles. The van der Waals surface area contributed by atoms with Crippen molar-refractivity contribution in [1.82, 2.24) is 14.5 Å². The average molecular weight is 294 g/mol. The van der Waals surface area contributed by atoms with E-state index in [9.17, 15) is 4.79 Å². The number of likely N-dealkylation sites (N-methyl/N-ethyl adjacent to an activating group) is 1. The molecule has 1 aliphatic rings. The van der Waals surface area contributed by atoms with Gasteiger partial charge in [0, 0.05) is 13.6 Å². The van der Waals surface area contributed by atoms with Gasteiger partial charge in [-0.15, -0.1) is 11.6 Å². The first-order chi connectivity index (χ1) is 9.67. The molecule has 3 rings (SSSR count). The molecule has 0 aliphatic carbocycles. The maximum absolute atomic E-state index is 12.3. The van der Waals surface area contributed by atoms with Crippen molar-refractivity contribution in [3.63, 3.8) is 0 Å². The summed E-state index contributed by atoms with van der Waals surface area (Å²) < 4.78 is 7.29. The summed E-state index contributed by atoms with van der Waals surface area (Å²) in [4.78, 5) is 18.6. The molecule has 1 atom stereocenters. The molecule has 0 radical (unpaired) electrons. The lowest BCUT2D eigenvalue weighted by Gasteiger charge is -2.15. The van der Waals surface area contributed by atoms with E-state index >= 15 is 0 Å².